The Morgan fingerprint density at radius 1 is 1.11 bits per heavy atom. The fraction of sp³-hybridized carbons (Fsp3) is 0.478. The number of nitrogens with one attached hydrogen (secondary N) is 2. The average Bonchev–Trinajstić information content (AvgIpc) is 3.10. The first kappa shape index (κ1) is 25.5. The minimum atomic E-state index is -1.26. The van der Waals surface area contributed by atoms with E-state index in [-0.39, 0.29) is 13.1 Å². The van der Waals surface area contributed by atoms with Gasteiger partial charge in [-0.1, -0.05) is 30.3 Å². The van der Waals surface area contributed by atoms with Crippen LogP contribution in [0, 0.1) is 0 Å². The normalized spacial score (nSPS) is 25.7. The number of rotatable bonds is 6. The highest BCUT2D eigenvalue weighted by atomic mass is 32.2. The quantitative estimate of drug-likeness (QED) is 0.345. The standard InChI is InChI=1S/C23H27N5O7S/c1-4-26-10-11-27(19(32)18(26)31)22(35)25-13(12-8-6-5-7-9-12)16(29)24-14-17(30)28-15(21(33)34)23(2,3)36-20(14)28/h5-9,13-15,20H,4,10-11H2,1-3H3,(H,24,29)(H,25,35)(H,33,34)/t13-,14-,15?,20?/m1/s1. The summed E-state index contributed by atoms with van der Waals surface area (Å²) in [6.45, 7) is 5.67. The number of benzene rings is 1. The summed E-state index contributed by atoms with van der Waals surface area (Å²) in [5, 5.41) is 14.2. The molecule has 3 fully saturated rings. The molecule has 4 rings (SSSR count). The molecule has 13 heteroatoms. The summed E-state index contributed by atoms with van der Waals surface area (Å²) in [7, 11) is 0. The van der Waals surface area contributed by atoms with Crippen LogP contribution >= 0.6 is 11.8 Å². The summed E-state index contributed by atoms with van der Waals surface area (Å²) in [6, 6.07) is 4.11. The number of β-lactam (4-membered cyclic amide) rings is 1. The van der Waals surface area contributed by atoms with E-state index < -0.39 is 63.9 Å². The van der Waals surface area contributed by atoms with Crippen molar-refractivity contribution in [3.05, 3.63) is 35.9 Å². The third kappa shape index (κ3) is 4.27. The van der Waals surface area contributed by atoms with Crippen LogP contribution in [0.5, 0.6) is 0 Å². The number of fused-ring (bicyclic) bond motifs is 1. The molecule has 6 amide bonds. The van der Waals surface area contributed by atoms with Crippen molar-refractivity contribution in [3.8, 4) is 0 Å². The topological polar surface area (TPSA) is 156 Å². The van der Waals surface area contributed by atoms with Crippen molar-refractivity contribution in [2.24, 2.45) is 0 Å². The summed E-state index contributed by atoms with van der Waals surface area (Å²) in [4.78, 5) is 78.8. The van der Waals surface area contributed by atoms with Crippen LogP contribution in [0.3, 0.4) is 0 Å². The first-order chi connectivity index (χ1) is 17.0. The molecule has 3 aliphatic heterocycles. The van der Waals surface area contributed by atoms with Gasteiger partial charge in [-0.15, -0.1) is 11.8 Å². The second-order valence-electron chi connectivity index (χ2n) is 9.22. The zero-order chi connectivity index (χ0) is 26.4. The zero-order valence-corrected chi connectivity index (χ0v) is 20.8. The number of imide groups is 1. The van der Waals surface area contributed by atoms with Gasteiger partial charge in [0.25, 0.3) is 0 Å². The number of piperazine rings is 1. The lowest BCUT2D eigenvalue weighted by molar-refractivity contribution is -0.161. The molecule has 0 aromatic heterocycles. The van der Waals surface area contributed by atoms with Gasteiger partial charge in [-0.3, -0.25) is 24.1 Å². The number of aliphatic carboxylic acids is 1. The van der Waals surface area contributed by atoms with Crippen LogP contribution in [0.1, 0.15) is 32.4 Å². The van der Waals surface area contributed by atoms with E-state index >= 15 is 0 Å². The van der Waals surface area contributed by atoms with Crippen molar-refractivity contribution < 1.29 is 33.9 Å². The fourth-order valence-corrected chi connectivity index (χ4v) is 6.32. The molecule has 1 aromatic rings. The number of urea groups is 1. The molecule has 0 spiro atoms. The van der Waals surface area contributed by atoms with Crippen LogP contribution in [-0.2, 0) is 24.0 Å². The van der Waals surface area contributed by atoms with Gasteiger partial charge in [0.2, 0.25) is 11.8 Å². The Morgan fingerprint density at radius 3 is 2.39 bits per heavy atom. The summed E-state index contributed by atoms with van der Waals surface area (Å²) in [5.41, 5.74) is 0.403. The van der Waals surface area contributed by atoms with Gasteiger partial charge in [0, 0.05) is 24.4 Å². The van der Waals surface area contributed by atoms with E-state index in [1.165, 1.54) is 21.6 Å². The van der Waals surface area contributed by atoms with Crippen LogP contribution < -0.4 is 10.6 Å². The Hall–Kier alpha value is -3.61. The third-order valence-electron chi connectivity index (χ3n) is 6.57. The number of nitrogens with zero attached hydrogens (tertiary/aromatic N) is 3. The van der Waals surface area contributed by atoms with E-state index in [1.54, 1.807) is 51.1 Å². The van der Waals surface area contributed by atoms with E-state index in [4.69, 9.17) is 0 Å². The van der Waals surface area contributed by atoms with Crippen molar-refractivity contribution in [2.45, 2.75) is 49.0 Å². The van der Waals surface area contributed by atoms with Gasteiger partial charge in [0.15, 0.2) is 0 Å². The van der Waals surface area contributed by atoms with E-state index in [1.807, 2.05) is 0 Å². The average molecular weight is 518 g/mol. The maximum Gasteiger partial charge on any atom is 0.327 e. The number of hydrogen-bond donors (Lipinski definition) is 3. The number of carbonyl (C=O) groups is 6. The Balaban J connectivity index is 1.51. The Labute approximate surface area is 211 Å². The van der Waals surface area contributed by atoms with Gasteiger partial charge in [0.05, 0.1) is 0 Å². The lowest BCUT2D eigenvalue weighted by Gasteiger charge is -2.44. The van der Waals surface area contributed by atoms with Gasteiger partial charge in [0.1, 0.15) is 23.5 Å². The molecular weight excluding hydrogens is 490 g/mol. The molecule has 3 N–H and O–H groups in total. The summed E-state index contributed by atoms with van der Waals surface area (Å²) in [6.07, 6.45) is 0. The largest absolute Gasteiger partial charge is 0.480 e. The molecule has 0 aliphatic carbocycles. The number of hydrogen-bond acceptors (Lipinski definition) is 7. The maximum atomic E-state index is 13.3. The summed E-state index contributed by atoms with van der Waals surface area (Å²) < 4.78 is -0.758. The number of amides is 6. The van der Waals surface area contributed by atoms with Crippen LogP contribution in [0.4, 0.5) is 4.79 Å². The Kier molecular flexibility index (Phi) is 6.69. The second kappa shape index (κ2) is 9.45. The number of thioether (sulfide) groups is 1. The first-order valence-corrected chi connectivity index (χ1v) is 12.3. The van der Waals surface area contributed by atoms with Crippen LogP contribution in [0.15, 0.2) is 30.3 Å². The fourth-order valence-electron chi connectivity index (χ4n) is 4.70. The smallest absolute Gasteiger partial charge is 0.327 e. The van der Waals surface area contributed by atoms with E-state index in [2.05, 4.69) is 10.6 Å². The van der Waals surface area contributed by atoms with E-state index in [0.29, 0.717) is 12.1 Å². The summed E-state index contributed by atoms with van der Waals surface area (Å²) >= 11 is 1.28. The molecule has 0 bridgehead atoms. The molecule has 3 saturated heterocycles. The van der Waals surface area contributed by atoms with Gasteiger partial charge in [-0.2, -0.15) is 0 Å². The van der Waals surface area contributed by atoms with Gasteiger partial charge < -0.3 is 25.5 Å². The van der Waals surface area contributed by atoms with E-state index in [0.717, 1.165) is 4.90 Å². The molecule has 4 atom stereocenters. The van der Waals surface area contributed by atoms with Crippen molar-refractivity contribution in [3.63, 3.8) is 0 Å². The molecule has 3 aliphatic rings. The Bertz CT molecular complexity index is 1130. The lowest BCUT2D eigenvalue weighted by atomic mass is 9.95. The molecule has 2 unspecified atom stereocenters. The van der Waals surface area contributed by atoms with Gasteiger partial charge >= 0.3 is 23.8 Å². The zero-order valence-electron chi connectivity index (χ0n) is 20.0. The highest BCUT2D eigenvalue weighted by Gasteiger charge is 2.64. The number of likely N-dealkylation sites (N-methyl/N-ethyl adjacent to an activating group) is 1. The predicted molar refractivity (Wildman–Crippen MR) is 127 cm³/mol. The number of carboxylic acids is 1. The monoisotopic (exact) mass is 517 g/mol. The first-order valence-electron chi connectivity index (χ1n) is 11.5. The number of carbonyl (C=O) groups excluding carboxylic acids is 5. The van der Waals surface area contributed by atoms with E-state index in [9.17, 15) is 33.9 Å². The lowest BCUT2D eigenvalue weighted by Crippen LogP contribution is -2.71. The van der Waals surface area contributed by atoms with Crippen molar-refractivity contribution in [1.29, 1.82) is 0 Å². The number of carboxylic acid groups (broad SMARTS) is 1. The molecule has 192 valence electrons. The molecule has 12 nitrogen and oxygen atoms in total. The van der Waals surface area contributed by atoms with Gasteiger partial charge in [-0.05, 0) is 26.3 Å². The van der Waals surface area contributed by atoms with Crippen molar-refractivity contribution in [1.82, 2.24) is 25.3 Å². The third-order valence-corrected chi connectivity index (χ3v) is 8.14. The Morgan fingerprint density at radius 2 is 1.78 bits per heavy atom. The van der Waals surface area contributed by atoms with Crippen LogP contribution in [-0.4, -0.2) is 97.3 Å². The molecule has 1 aromatic carbocycles. The second-order valence-corrected chi connectivity index (χ2v) is 11.0. The molecule has 36 heavy (non-hydrogen) atoms. The van der Waals surface area contributed by atoms with Gasteiger partial charge in [-0.25, -0.2) is 9.59 Å². The highest BCUT2D eigenvalue weighted by Crippen LogP contribution is 2.50. The van der Waals surface area contributed by atoms with Crippen LogP contribution in [0.25, 0.3) is 0 Å². The van der Waals surface area contributed by atoms with Crippen molar-refractivity contribution >= 4 is 47.4 Å². The molecule has 0 radical (unpaired) electrons. The molecule has 3 heterocycles. The highest BCUT2D eigenvalue weighted by molar-refractivity contribution is 8.01. The minimum absolute atomic E-state index is 0.0200. The predicted octanol–water partition coefficient (Wildman–Crippen LogP) is -0.240. The minimum Gasteiger partial charge on any atom is -0.480 e. The molecule has 0 saturated carbocycles. The SMILES string of the molecule is CCN1CCN(C(=O)N[C@@H](C(=O)N[C@@H]2C(=O)N3C2SC(C)(C)C3C(=O)O)c2ccccc2)C(=O)C1=O. The summed E-state index contributed by atoms with van der Waals surface area (Å²) in [5.74, 6) is -4.12. The maximum absolute atomic E-state index is 13.3. The van der Waals surface area contributed by atoms with Crippen molar-refractivity contribution in [2.75, 3.05) is 19.6 Å². The molecular formula is C23H27N5O7S. The van der Waals surface area contributed by atoms with Crippen LogP contribution in [0.2, 0.25) is 0 Å².